The Morgan fingerprint density at radius 3 is 2.65 bits per heavy atom. The first-order valence-electron chi connectivity index (χ1n) is 4.56. The van der Waals surface area contributed by atoms with Gasteiger partial charge in [0, 0.05) is 6.42 Å². The number of hydrogen-bond acceptors (Lipinski definition) is 6. The van der Waals surface area contributed by atoms with Gasteiger partial charge < -0.3 is 16.2 Å². The Hall–Kier alpha value is -2.52. The third-order valence-corrected chi connectivity index (χ3v) is 1.83. The number of aromatic nitrogens is 4. The number of hydrogen-bond donors (Lipinski definition) is 4. The van der Waals surface area contributed by atoms with Crippen LogP contribution < -0.4 is 11.1 Å². The molecule has 10 nitrogen and oxygen atoms in total. The van der Waals surface area contributed by atoms with Crippen molar-refractivity contribution < 1.29 is 19.5 Å². The largest absolute Gasteiger partial charge is 0.480 e. The maximum Gasteiger partial charge on any atom is 0.326 e. The molecule has 1 heterocycles. The zero-order valence-electron chi connectivity index (χ0n) is 8.58. The molecule has 0 spiro atoms. The summed E-state index contributed by atoms with van der Waals surface area (Å²) in [5.74, 6) is -3.00. The van der Waals surface area contributed by atoms with Crippen molar-refractivity contribution in [2.75, 3.05) is 0 Å². The first kappa shape index (κ1) is 12.5. The Morgan fingerprint density at radius 1 is 1.47 bits per heavy atom. The van der Waals surface area contributed by atoms with Crippen molar-refractivity contribution in [3.63, 3.8) is 0 Å². The van der Waals surface area contributed by atoms with Crippen LogP contribution in [0, 0.1) is 0 Å². The van der Waals surface area contributed by atoms with Crippen LogP contribution in [0.25, 0.3) is 0 Å². The van der Waals surface area contributed by atoms with Gasteiger partial charge in [-0.2, -0.15) is 5.21 Å². The Bertz CT molecular complexity index is 416. The van der Waals surface area contributed by atoms with Crippen molar-refractivity contribution >= 4 is 17.8 Å². The molecule has 17 heavy (non-hydrogen) atoms. The summed E-state index contributed by atoms with van der Waals surface area (Å²) in [5, 5.41) is 22.9. The molecule has 0 saturated heterocycles. The number of H-pyrrole nitrogens is 1. The molecule has 0 radical (unpaired) electrons. The SMILES string of the molecule is NC(=O)CC[C@@H](NC(=O)c1nn[nH]n1)C(=O)O. The molecule has 0 aliphatic rings. The van der Waals surface area contributed by atoms with Gasteiger partial charge in [0.1, 0.15) is 6.04 Å². The number of tetrazole rings is 1. The topological polar surface area (TPSA) is 164 Å². The van der Waals surface area contributed by atoms with E-state index in [9.17, 15) is 14.4 Å². The molecule has 0 aliphatic carbocycles. The first-order chi connectivity index (χ1) is 8.00. The number of aliphatic carboxylic acids is 1. The van der Waals surface area contributed by atoms with Crippen LogP contribution in [0.1, 0.15) is 23.5 Å². The molecule has 0 fully saturated rings. The summed E-state index contributed by atoms with van der Waals surface area (Å²) in [4.78, 5) is 32.7. The lowest BCUT2D eigenvalue weighted by Crippen LogP contribution is -2.41. The van der Waals surface area contributed by atoms with E-state index in [4.69, 9.17) is 10.8 Å². The Morgan fingerprint density at radius 2 is 2.18 bits per heavy atom. The zero-order valence-corrected chi connectivity index (χ0v) is 8.58. The molecule has 0 aliphatic heterocycles. The van der Waals surface area contributed by atoms with E-state index >= 15 is 0 Å². The van der Waals surface area contributed by atoms with Crippen LogP contribution in [0.3, 0.4) is 0 Å². The van der Waals surface area contributed by atoms with Gasteiger partial charge in [-0.3, -0.25) is 9.59 Å². The predicted octanol–water partition coefficient (Wildman–Crippen LogP) is -2.35. The quantitative estimate of drug-likeness (QED) is 0.433. The molecule has 0 bridgehead atoms. The minimum atomic E-state index is -1.27. The number of carbonyl (C=O) groups excluding carboxylic acids is 2. The van der Waals surface area contributed by atoms with Crippen LogP contribution in [0.2, 0.25) is 0 Å². The summed E-state index contributed by atoms with van der Waals surface area (Å²) < 4.78 is 0. The molecule has 10 heteroatoms. The summed E-state index contributed by atoms with van der Waals surface area (Å²) in [6, 6.07) is -1.23. The van der Waals surface area contributed by atoms with Gasteiger partial charge >= 0.3 is 5.97 Å². The summed E-state index contributed by atoms with van der Waals surface area (Å²) in [6.07, 6.45) is -0.252. The normalized spacial score (nSPS) is 11.8. The van der Waals surface area contributed by atoms with E-state index in [0.29, 0.717) is 0 Å². The van der Waals surface area contributed by atoms with Crippen LogP contribution in [-0.4, -0.2) is 49.6 Å². The number of aromatic amines is 1. The highest BCUT2D eigenvalue weighted by Crippen LogP contribution is 1.98. The van der Waals surface area contributed by atoms with Gasteiger partial charge in [0.05, 0.1) is 0 Å². The maximum absolute atomic E-state index is 11.4. The van der Waals surface area contributed by atoms with Crippen LogP contribution in [0.5, 0.6) is 0 Å². The highest BCUT2D eigenvalue weighted by Gasteiger charge is 2.22. The van der Waals surface area contributed by atoms with Gasteiger partial charge in [-0.05, 0) is 11.6 Å². The van der Waals surface area contributed by atoms with Crippen molar-refractivity contribution in [1.82, 2.24) is 25.9 Å². The molecule has 92 valence electrons. The maximum atomic E-state index is 11.4. The number of rotatable bonds is 6. The van der Waals surface area contributed by atoms with Crippen LogP contribution in [-0.2, 0) is 9.59 Å². The second-order valence-electron chi connectivity index (χ2n) is 3.10. The molecule has 1 aromatic rings. The number of nitrogens with zero attached hydrogens (tertiary/aromatic N) is 3. The van der Waals surface area contributed by atoms with Gasteiger partial charge in [-0.1, -0.05) is 0 Å². The predicted molar refractivity (Wildman–Crippen MR) is 51.5 cm³/mol. The van der Waals surface area contributed by atoms with Crippen LogP contribution in [0.4, 0.5) is 0 Å². The molecule has 0 saturated carbocycles. The van der Waals surface area contributed by atoms with Crippen molar-refractivity contribution in [3.8, 4) is 0 Å². The van der Waals surface area contributed by atoms with Crippen molar-refractivity contribution in [2.24, 2.45) is 5.73 Å². The summed E-state index contributed by atoms with van der Waals surface area (Å²) in [5.41, 5.74) is 4.88. The van der Waals surface area contributed by atoms with Gasteiger partial charge in [0.15, 0.2) is 0 Å². The molecular weight excluding hydrogens is 232 g/mol. The fourth-order valence-electron chi connectivity index (χ4n) is 1.02. The zero-order chi connectivity index (χ0) is 12.8. The van der Waals surface area contributed by atoms with Crippen LogP contribution in [0.15, 0.2) is 0 Å². The number of amides is 2. The summed E-state index contributed by atoms with van der Waals surface area (Å²) in [7, 11) is 0. The van der Waals surface area contributed by atoms with Crippen molar-refractivity contribution in [1.29, 1.82) is 0 Å². The van der Waals surface area contributed by atoms with E-state index in [1.807, 2.05) is 0 Å². The Balaban J connectivity index is 2.58. The van der Waals surface area contributed by atoms with E-state index in [0.717, 1.165) is 0 Å². The molecule has 0 unspecified atom stereocenters. The molecular formula is C7H10N6O4. The van der Waals surface area contributed by atoms with Gasteiger partial charge in [0.2, 0.25) is 5.91 Å². The highest BCUT2D eigenvalue weighted by atomic mass is 16.4. The number of primary amides is 1. The van der Waals surface area contributed by atoms with E-state index in [1.165, 1.54) is 0 Å². The highest BCUT2D eigenvalue weighted by molar-refractivity contribution is 5.93. The monoisotopic (exact) mass is 242 g/mol. The number of nitrogens with one attached hydrogen (secondary N) is 2. The molecule has 1 atom stereocenters. The van der Waals surface area contributed by atoms with Crippen molar-refractivity contribution in [2.45, 2.75) is 18.9 Å². The number of carboxylic acids is 1. The molecule has 1 rings (SSSR count). The second kappa shape index (κ2) is 5.53. The molecule has 2 amide bonds. The Labute approximate surface area is 94.6 Å². The minimum Gasteiger partial charge on any atom is -0.480 e. The molecule has 0 aromatic carbocycles. The second-order valence-corrected chi connectivity index (χ2v) is 3.10. The van der Waals surface area contributed by atoms with Crippen molar-refractivity contribution in [3.05, 3.63) is 5.82 Å². The van der Waals surface area contributed by atoms with Gasteiger partial charge in [-0.15, -0.1) is 10.2 Å². The summed E-state index contributed by atoms with van der Waals surface area (Å²) in [6.45, 7) is 0. The fraction of sp³-hybridized carbons (Fsp3) is 0.429. The average Bonchev–Trinajstić information content (AvgIpc) is 2.76. The van der Waals surface area contributed by atoms with E-state index in [-0.39, 0.29) is 18.7 Å². The first-order valence-corrected chi connectivity index (χ1v) is 4.56. The molecule has 1 aromatic heterocycles. The number of carboxylic acid groups (broad SMARTS) is 1. The lowest BCUT2D eigenvalue weighted by atomic mass is 10.1. The van der Waals surface area contributed by atoms with Gasteiger partial charge in [-0.25, -0.2) is 4.79 Å². The molecule has 5 N–H and O–H groups in total. The Kier molecular flexibility index (Phi) is 4.08. The van der Waals surface area contributed by atoms with Gasteiger partial charge in [0.25, 0.3) is 11.7 Å². The minimum absolute atomic E-state index is 0.103. The lowest BCUT2D eigenvalue weighted by Gasteiger charge is -2.11. The van der Waals surface area contributed by atoms with E-state index in [1.54, 1.807) is 0 Å². The lowest BCUT2D eigenvalue weighted by molar-refractivity contribution is -0.139. The third kappa shape index (κ3) is 3.85. The number of nitrogens with two attached hydrogens (primary N) is 1. The third-order valence-electron chi connectivity index (χ3n) is 1.83. The van der Waals surface area contributed by atoms with E-state index in [2.05, 4.69) is 25.9 Å². The van der Waals surface area contributed by atoms with E-state index < -0.39 is 23.8 Å². The van der Waals surface area contributed by atoms with Crippen LogP contribution >= 0.6 is 0 Å². The summed E-state index contributed by atoms with van der Waals surface area (Å²) >= 11 is 0. The standard InChI is InChI=1S/C7H10N6O4/c8-4(14)2-1-3(7(16)17)9-6(15)5-10-12-13-11-5/h3H,1-2H2,(H2,8,14)(H,9,15)(H,16,17)(H,10,11,12,13)/t3-/m1/s1. The average molecular weight is 242 g/mol. The smallest absolute Gasteiger partial charge is 0.326 e. The fourth-order valence-corrected chi connectivity index (χ4v) is 1.02. The number of carbonyl (C=O) groups is 3.